The van der Waals surface area contributed by atoms with Gasteiger partial charge in [0.25, 0.3) is 0 Å². The molecule has 0 aliphatic carbocycles. The largest absolute Gasteiger partial charge is 0.299 e. The Labute approximate surface area is 124 Å². The van der Waals surface area contributed by atoms with E-state index in [1.54, 1.807) is 0 Å². The second kappa shape index (κ2) is 7.61. The van der Waals surface area contributed by atoms with Gasteiger partial charge in [-0.3, -0.25) is 4.79 Å². The molecule has 1 rings (SSSR count). The van der Waals surface area contributed by atoms with Crippen molar-refractivity contribution < 1.29 is 4.79 Å². The number of Topliss-reactive ketones (excluding diaryl/α,β-unsaturated/α-hetero) is 1. The highest BCUT2D eigenvalue weighted by Gasteiger charge is 2.25. The molecule has 1 atom stereocenters. The predicted octanol–water partition coefficient (Wildman–Crippen LogP) is 5.66. The van der Waals surface area contributed by atoms with E-state index in [4.69, 9.17) is 0 Å². The number of unbranched alkanes of at least 4 members (excludes halogenated alkanes) is 2. The molecule has 0 radical (unpaired) electrons. The summed E-state index contributed by atoms with van der Waals surface area (Å²) in [6.07, 6.45) is 5.22. The van der Waals surface area contributed by atoms with Crippen LogP contribution in [0, 0.1) is 12.3 Å². The van der Waals surface area contributed by atoms with Crippen LogP contribution in [0.25, 0.3) is 0 Å². The van der Waals surface area contributed by atoms with Gasteiger partial charge in [0.05, 0.1) is 0 Å². The fourth-order valence-electron chi connectivity index (χ4n) is 2.71. The summed E-state index contributed by atoms with van der Waals surface area (Å²) >= 11 is 0. The Morgan fingerprint density at radius 3 is 2.35 bits per heavy atom. The van der Waals surface area contributed by atoms with Gasteiger partial charge in [0.2, 0.25) is 0 Å². The summed E-state index contributed by atoms with van der Waals surface area (Å²) in [7, 11) is 0. The van der Waals surface area contributed by atoms with E-state index in [2.05, 4.69) is 58.9 Å². The van der Waals surface area contributed by atoms with Crippen LogP contribution >= 0.6 is 0 Å². The van der Waals surface area contributed by atoms with E-state index in [0.717, 1.165) is 12.8 Å². The highest BCUT2D eigenvalue weighted by atomic mass is 16.1. The Morgan fingerprint density at radius 2 is 1.80 bits per heavy atom. The highest BCUT2D eigenvalue weighted by Crippen LogP contribution is 2.31. The minimum absolute atomic E-state index is 0.0722. The second-order valence-electron chi connectivity index (χ2n) is 7.11. The average molecular weight is 274 g/mol. The third-order valence-corrected chi connectivity index (χ3v) is 3.75. The van der Waals surface area contributed by atoms with Crippen LogP contribution in [0.1, 0.15) is 76.8 Å². The summed E-state index contributed by atoms with van der Waals surface area (Å²) in [5.41, 5.74) is 2.55. The third-order valence-electron chi connectivity index (χ3n) is 3.75. The molecule has 112 valence electrons. The molecule has 0 spiro atoms. The maximum Gasteiger partial charge on any atom is 0.140 e. The van der Waals surface area contributed by atoms with Crippen molar-refractivity contribution in [1.29, 1.82) is 0 Å². The van der Waals surface area contributed by atoms with Crippen LogP contribution in [-0.2, 0) is 4.79 Å². The normalized spacial score (nSPS) is 13.2. The molecule has 1 unspecified atom stereocenters. The number of benzene rings is 1. The van der Waals surface area contributed by atoms with Gasteiger partial charge in [-0.2, -0.15) is 0 Å². The summed E-state index contributed by atoms with van der Waals surface area (Å²) in [5.74, 6) is 0.491. The lowest BCUT2D eigenvalue weighted by molar-refractivity contribution is -0.122. The number of hydrogen-bond acceptors (Lipinski definition) is 1. The molecule has 0 aliphatic heterocycles. The van der Waals surface area contributed by atoms with Gasteiger partial charge in [-0.05, 0) is 29.9 Å². The Bertz CT molecular complexity index is 426. The number of rotatable bonds is 7. The molecule has 0 saturated carbocycles. The molecule has 0 saturated heterocycles. The van der Waals surface area contributed by atoms with Gasteiger partial charge in [0.15, 0.2) is 0 Å². The standard InChI is InChI=1S/C19H30O/c1-6-7-8-13-17(18(20)14-19(3,4)5)16-12-10-9-11-15(16)2/h9-12,17H,6-8,13-14H2,1-5H3. The van der Waals surface area contributed by atoms with Gasteiger partial charge in [-0.25, -0.2) is 0 Å². The maximum absolute atomic E-state index is 12.7. The smallest absolute Gasteiger partial charge is 0.140 e. The maximum atomic E-state index is 12.7. The van der Waals surface area contributed by atoms with Gasteiger partial charge in [-0.1, -0.05) is 71.2 Å². The zero-order valence-electron chi connectivity index (χ0n) is 13.8. The quantitative estimate of drug-likeness (QED) is 0.586. The minimum atomic E-state index is 0.0722. The molecule has 1 heteroatoms. The summed E-state index contributed by atoms with van der Waals surface area (Å²) in [4.78, 5) is 12.7. The summed E-state index contributed by atoms with van der Waals surface area (Å²) in [6, 6.07) is 8.36. The summed E-state index contributed by atoms with van der Waals surface area (Å²) < 4.78 is 0. The monoisotopic (exact) mass is 274 g/mol. The molecule has 0 heterocycles. The first-order valence-corrected chi connectivity index (χ1v) is 7.93. The predicted molar refractivity (Wildman–Crippen MR) is 87.1 cm³/mol. The summed E-state index contributed by atoms with van der Waals surface area (Å²) in [6.45, 7) is 10.8. The second-order valence-corrected chi connectivity index (χ2v) is 7.11. The Morgan fingerprint density at radius 1 is 1.15 bits per heavy atom. The van der Waals surface area contributed by atoms with Gasteiger partial charge >= 0.3 is 0 Å². The summed E-state index contributed by atoms with van der Waals surface area (Å²) in [5, 5.41) is 0. The lowest BCUT2D eigenvalue weighted by Gasteiger charge is -2.23. The number of hydrogen-bond donors (Lipinski definition) is 0. The molecule has 1 aromatic carbocycles. The molecule has 1 aromatic rings. The number of aryl methyl sites for hydroxylation is 1. The zero-order chi connectivity index (χ0) is 15.2. The van der Waals surface area contributed by atoms with E-state index in [1.807, 2.05) is 0 Å². The fourth-order valence-corrected chi connectivity index (χ4v) is 2.71. The lowest BCUT2D eigenvalue weighted by atomic mass is 9.80. The molecule has 0 N–H and O–H groups in total. The SMILES string of the molecule is CCCCCC(C(=O)CC(C)(C)C)c1ccccc1C. The molecule has 0 fully saturated rings. The Kier molecular flexibility index (Phi) is 6.45. The van der Waals surface area contributed by atoms with Crippen molar-refractivity contribution in [1.82, 2.24) is 0 Å². The van der Waals surface area contributed by atoms with Gasteiger partial charge in [0.1, 0.15) is 5.78 Å². The molecule has 0 aromatic heterocycles. The third kappa shape index (κ3) is 5.48. The van der Waals surface area contributed by atoms with Crippen molar-refractivity contribution in [3.8, 4) is 0 Å². The lowest BCUT2D eigenvalue weighted by Crippen LogP contribution is -2.20. The van der Waals surface area contributed by atoms with E-state index < -0.39 is 0 Å². The van der Waals surface area contributed by atoms with E-state index in [-0.39, 0.29) is 11.3 Å². The van der Waals surface area contributed by atoms with Crippen molar-refractivity contribution >= 4 is 5.78 Å². The van der Waals surface area contributed by atoms with Crippen LogP contribution < -0.4 is 0 Å². The van der Waals surface area contributed by atoms with Crippen LogP contribution in [0.15, 0.2) is 24.3 Å². The minimum Gasteiger partial charge on any atom is -0.299 e. The molecule has 1 nitrogen and oxygen atoms in total. The van der Waals surface area contributed by atoms with Crippen LogP contribution in [0.3, 0.4) is 0 Å². The average Bonchev–Trinajstić information content (AvgIpc) is 2.34. The van der Waals surface area contributed by atoms with E-state index >= 15 is 0 Å². The van der Waals surface area contributed by atoms with E-state index in [9.17, 15) is 4.79 Å². The van der Waals surface area contributed by atoms with Crippen LogP contribution in [-0.4, -0.2) is 5.78 Å². The number of carbonyl (C=O) groups excluding carboxylic acids is 1. The molecule has 0 amide bonds. The Balaban J connectivity index is 2.90. The molecule has 0 aliphatic rings. The fraction of sp³-hybridized carbons (Fsp3) is 0.632. The van der Waals surface area contributed by atoms with Gasteiger partial charge < -0.3 is 0 Å². The molecular weight excluding hydrogens is 244 g/mol. The van der Waals surface area contributed by atoms with E-state index in [0.29, 0.717) is 12.2 Å². The van der Waals surface area contributed by atoms with Gasteiger partial charge in [-0.15, -0.1) is 0 Å². The van der Waals surface area contributed by atoms with Crippen LogP contribution in [0.2, 0.25) is 0 Å². The first-order chi connectivity index (χ1) is 9.35. The van der Waals surface area contributed by atoms with Crippen LogP contribution in [0.4, 0.5) is 0 Å². The molecule has 20 heavy (non-hydrogen) atoms. The van der Waals surface area contributed by atoms with Crippen molar-refractivity contribution in [3.63, 3.8) is 0 Å². The topological polar surface area (TPSA) is 17.1 Å². The van der Waals surface area contributed by atoms with Crippen molar-refractivity contribution in [2.45, 2.75) is 72.6 Å². The molecule has 0 bridgehead atoms. The number of carbonyl (C=O) groups is 1. The van der Waals surface area contributed by atoms with E-state index in [1.165, 1.54) is 24.0 Å². The molecular formula is C19H30O. The van der Waals surface area contributed by atoms with Crippen molar-refractivity contribution in [2.24, 2.45) is 5.41 Å². The zero-order valence-corrected chi connectivity index (χ0v) is 13.8. The van der Waals surface area contributed by atoms with Crippen molar-refractivity contribution in [2.75, 3.05) is 0 Å². The highest BCUT2D eigenvalue weighted by molar-refractivity contribution is 5.86. The first-order valence-electron chi connectivity index (χ1n) is 7.93. The number of ketones is 1. The van der Waals surface area contributed by atoms with Crippen molar-refractivity contribution in [3.05, 3.63) is 35.4 Å². The van der Waals surface area contributed by atoms with Crippen LogP contribution in [0.5, 0.6) is 0 Å². The Hall–Kier alpha value is -1.11. The first kappa shape index (κ1) is 16.9. The van der Waals surface area contributed by atoms with Gasteiger partial charge in [0, 0.05) is 12.3 Å².